The molecule has 3 heterocycles. The molecule has 6 nitrogen and oxygen atoms in total. The van der Waals surface area contributed by atoms with Gasteiger partial charge in [0, 0.05) is 38.9 Å². The molecule has 1 spiro atoms. The van der Waals surface area contributed by atoms with E-state index < -0.39 is 0 Å². The van der Waals surface area contributed by atoms with Crippen molar-refractivity contribution in [3.8, 4) is 0 Å². The Hall–Kier alpha value is -1.53. The van der Waals surface area contributed by atoms with E-state index in [4.69, 9.17) is 9.15 Å². The number of amides is 2. The van der Waals surface area contributed by atoms with Gasteiger partial charge in [-0.25, -0.2) is 4.79 Å². The first kappa shape index (κ1) is 17.3. The lowest BCUT2D eigenvalue weighted by Crippen LogP contribution is -2.56. The molecule has 0 bridgehead atoms. The van der Waals surface area contributed by atoms with Gasteiger partial charge in [0.15, 0.2) is 0 Å². The van der Waals surface area contributed by atoms with Crippen LogP contribution < -0.4 is 5.32 Å². The van der Waals surface area contributed by atoms with Gasteiger partial charge in [-0.1, -0.05) is 0 Å². The van der Waals surface area contributed by atoms with E-state index in [1.807, 2.05) is 12.1 Å². The smallest absolute Gasteiger partial charge is 0.318 e. The van der Waals surface area contributed by atoms with Crippen molar-refractivity contribution >= 4 is 6.03 Å². The van der Waals surface area contributed by atoms with Crippen LogP contribution in [0.5, 0.6) is 0 Å². The Morgan fingerprint density at radius 3 is 2.83 bits per heavy atom. The summed E-state index contributed by atoms with van der Waals surface area (Å²) in [5.41, 5.74) is 0.0472. The van der Waals surface area contributed by atoms with E-state index in [2.05, 4.69) is 22.2 Å². The molecule has 1 N–H and O–H groups in total. The third-order valence-electron chi connectivity index (χ3n) is 5.55. The van der Waals surface area contributed by atoms with Crippen molar-refractivity contribution in [2.24, 2.45) is 0 Å². The highest BCUT2D eigenvalue weighted by atomic mass is 16.5. The van der Waals surface area contributed by atoms with Gasteiger partial charge in [-0.3, -0.25) is 0 Å². The average molecular weight is 335 g/mol. The Morgan fingerprint density at radius 1 is 1.38 bits per heavy atom. The van der Waals surface area contributed by atoms with Crippen LogP contribution >= 0.6 is 0 Å². The molecule has 0 aromatic carbocycles. The highest BCUT2D eigenvalue weighted by Gasteiger charge is 2.45. The van der Waals surface area contributed by atoms with E-state index in [-0.39, 0.29) is 17.6 Å². The number of hydrogen-bond donors (Lipinski definition) is 1. The molecule has 1 aromatic heterocycles. The van der Waals surface area contributed by atoms with Crippen molar-refractivity contribution in [2.75, 3.05) is 40.4 Å². The number of rotatable bonds is 5. The van der Waals surface area contributed by atoms with Gasteiger partial charge >= 0.3 is 6.03 Å². The summed E-state index contributed by atoms with van der Waals surface area (Å²) in [4.78, 5) is 17.4. The molecule has 1 atom stereocenters. The van der Waals surface area contributed by atoms with E-state index in [0.29, 0.717) is 13.0 Å². The summed E-state index contributed by atoms with van der Waals surface area (Å²) in [5, 5.41) is 3.18. The number of carbonyl (C=O) groups is 1. The number of likely N-dealkylation sites (tertiary alicyclic amines) is 2. The van der Waals surface area contributed by atoms with Gasteiger partial charge in [-0.2, -0.15) is 0 Å². The van der Waals surface area contributed by atoms with Crippen LogP contribution in [-0.4, -0.2) is 61.8 Å². The van der Waals surface area contributed by atoms with E-state index in [1.165, 1.54) is 0 Å². The highest BCUT2D eigenvalue weighted by molar-refractivity contribution is 5.76. The number of carbonyl (C=O) groups excluding carboxylic acids is 1. The molecule has 6 heteroatoms. The van der Waals surface area contributed by atoms with Gasteiger partial charge in [-0.05, 0) is 51.3 Å². The fourth-order valence-electron chi connectivity index (χ4n) is 4.05. The molecule has 2 saturated heterocycles. The fourth-order valence-corrected chi connectivity index (χ4v) is 4.05. The molecule has 0 radical (unpaired) electrons. The van der Waals surface area contributed by atoms with Gasteiger partial charge in [0.2, 0.25) is 0 Å². The van der Waals surface area contributed by atoms with Crippen LogP contribution in [0.1, 0.15) is 43.9 Å². The van der Waals surface area contributed by atoms with Gasteiger partial charge in [0.05, 0.1) is 12.3 Å². The molecule has 3 rings (SSSR count). The number of piperidine rings is 1. The first-order valence-corrected chi connectivity index (χ1v) is 8.94. The fraction of sp³-hybridized carbons (Fsp3) is 0.722. The quantitative estimate of drug-likeness (QED) is 0.899. The van der Waals surface area contributed by atoms with Gasteiger partial charge in [0.25, 0.3) is 0 Å². The van der Waals surface area contributed by atoms with Crippen LogP contribution in [0.15, 0.2) is 22.8 Å². The molecule has 1 unspecified atom stereocenters. The zero-order chi connectivity index (χ0) is 17.0. The second kappa shape index (κ2) is 7.57. The molecule has 1 aromatic rings. The van der Waals surface area contributed by atoms with Gasteiger partial charge < -0.3 is 24.3 Å². The van der Waals surface area contributed by atoms with E-state index in [9.17, 15) is 4.79 Å². The van der Waals surface area contributed by atoms with Crippen LogP contribution in [-0.2, 0) is 4.74 Å². The minimum absolute atomic E-state index is 0.0366. The number of furan rings is 1. The lowest BCUT2D eigenvalue weighted by molar-refractivity contribution is 0.0802. The predicted molar refractivity (Wildman–Crippen MR) is 91.9 cm³/mol. The second-order valence-corrected chi connectivity index (χ2v) is 7.08. The zero-order valence-electron chi connectivity index (χ0n) is 14.8. The highest BCUT2D eigenvalue weighted by Crippen LogP contribution is 2.38. The first-order chi connectivity index (χ1) is 11.6. The third-order valence-corrected chi connectivity index (χ3v) is 5.55. The standard InChI is InChI=1S/C18H29N3O3/c1-20-11-8-18(9-12-20)7-4-10-21(18)17(22)19-15(6-14-23-2)16-5-3-13-24-16/h3,5,13,15H,4,6-12,14H2,1-2H3,(H,19,22). The summed E-state index contributed by atoms with van der Waals surface area (Å²) in [6.45, 7) is 3.57. The molecule has 2 aliphatic rings. The molecule has 134 valence electrons. The predicted octanol–water partition coefficient (Wildman–Crippen LogP) is 2.63. The summed E-state index contributed by atoms with van der Waals surface area (Å²) < 4.78 is 10.7. The number of ether oxygens (including phenoxy) is 1. The largest absolute Gasteiger partial charge is 0.467 e. The molecule has 2 fully saturated rings. The van der Waals surface area contributed by atoms with E-state index in [1.54, 1.807) is 13.4 Å². The van der Waals surface area contributed by atoms with Crippen molar-refractivity contribution in [1.82, 2.24) is 15.1 Å². The summed E-state index contributed by atoms with van der Waals surface area (Å²) in [5.74, 6) is 0.789. The average Bonchev–Trinajstić information content (AvgIpc) is 3.24. The Kier molecular flexibility index (Phi) is 5.46. The number of urea groups is 1. The van der Waals surface area contributed by atoms with Crippen LogP contribution in [0.4, 0.5) is 4.79 Å². The first-order valence-electron chi connectivity index (χ1n) is 8.94. The van der Waals surface area contributed by atoms with E-state index in [0.717, 1.165) is 51.1 Å². The summed E-state index contributed by atoms with van der Waals surface area (Å²) >= 11 is 0. The number of hydrogen-bond acceptors (Lipinski definition) is 4. The van der Waals surface area contributed by atoms with Crippen molar-refractivity contribution in [1.29, 1.82) is 0 Å². The Morgan fingerprint density at radius 2 is 2.17 bits per heavy atom. The van der Waals surface area contributed by atoms with Gasteiger partial charge in [-0.15, -0.1) is 0 Å². The van der Waals surface area contributed by atoms with Crippen molar-refractivity contribution in [3.05, 3.63) is 24.2 Å². The lowest BCUT2D eigenvalue weighted by atomic mass is 9.85. The van der Waals surface area contributed by atoms with Crippen molar-refractivity contribution < 1.29 is 13.9 Å². The Labute approximate surface area is 144 Å². The summed E-state index contributed by atoms with van der Waals surface area (Å²) in [6.07, 6.45) is 6.72. The summed E-state index contributed by atoms with van der Waals surface area (Å²) in [6, 6.07) is 3.66. The van der Waals surface area contributed by atoms with Crippen LogP contribution in [0.3, 0.4) is 0 Å². The Balaban J connectivity index is 1.68. The number of nitrogens with zero attached hydrogens (tertiary/aromatic N) is 2. The van der Waals surface area contributed by atoms with Crippen LogP contribution in [0, 0.1) is 0 Å². The monoisotopic (exact) mass is 335 g/mol. The molecular formula is C18H29N3O3. The molecule has 0 aliphatic carbocycles. The molecule has 24 heavy (non-hydrogen) atoms. The number of nitrogens with one attached hydrogen (secondary N) is 1. The normalized spacial score (nSPS) is 22.0. The van der Waals surface area contributed by atoms with E-state index >= 15 is 0 Å². The van der Waals surface area contributed by atoms with Crippen molar-refractivity contribution in [3.63, 3.8) is 0 Å². The SMILES string of the molecule is COCCC(NC(=O)N1CCCC12CCN(C)CC2)c1ccco1. The molecule has 2 amide bonds. The van der Waals surface area contributed by atoms with Crippen LogP contribution in [0.25, 0.3) is 0 Å². The maximum atomic E-state index is 13.0. The van der Waals surface area contributed by atoms with Crippen LogP contribution in [0.2, 0.25) is 0 Å². The second-order valence-electron chi connectivity index (χ2n) is 7.08. The maximum Gasteiger partial charge on any atom is 0.318 e. The molecular weight excluding hydrogens is 306 g/mol. The number of methoxy groups -OCH3 is 1. The molecule has 0 saturated carbocycles. The van der Waals surface area contributed by atoms with Gasteiger partial charge in [0.1, 0.15) is 5.76 Å². The zero-order valence-corrected chi connectivity index (χ0v) is 14.8. The minimum atomic E-state index is -0.142. The maximum absolute atomic E-state index is 13.0. The minimum Gasteiger partial charge on any atom is -0.467 e. The molecule has 2 aliphatic heterocycles. The Bertz CT molecular complexity index is 524. The summed E-state index contributed by atoms with van der Waals surface area (Å²) in [7, 11) is 3.83. The van der Waals surface area contributed by atoms with Crippen molar-refractivity contribution in [2.45, 2.75) is 43.7 Å². The lowest BCUT2D eigenvalue weighted by Gasteiger charge is -2.44. The topological polar surface area (TPSA) is 58.0 Å². The third kappa shape index (κ3) is 3.59.